The zero-order valence-electron chi connectivity index (χ0n) is 86.2. The van der Waals surface area contributed by atoms with Gasteiger partial charge in [0.1, 0.15) is 0 Å². The molecule has 0 nitrogen and oxygen atoms in total. The number of aryl methyl sites for hydroxylation is 10. The molecule has 0 aromatic heterocycles. The minimum atomic E-state index is 0. The highest BCUT2D eigenvalue weighted by Crippen LogP contribution is 2.72. The van der Waals surface area contributed by atoms with Gasteiger partial charge in [0.15, 0.2) is 0 Å². The summed E-state index contributed by atoms with van der Waals surface area (Å²) in [4.78, 5) is 0. The molecular weight excluding hydrogens is 1420 g/mol. The van der Waals surface area contributed by atoms with E-state index in [1.165, 1.54) is 77.0 Å². The van der Waals surface area contributed by atoms with E-state index in [1.54, 1.807) is 89.0 Å². The molecule has 118 heavy (non-hydrogen) atoms. The summed E-state index contributed by atoms with van der Waals surface area (Å²) in [6.07, 6.45) is 28.3. The molecule has 6 aliphatic rings. The first-order valence-corrected chi connectivity index (χ1v) is 51.4. The van der Waals surface area contributed by atoms with Crippen molar-refractivity contribution in [3.63, 3.8) is 0 Å². The Morgan fingerprint density at radius 3 is 0.475 bits per heavy atom. The van der Waals surface area contributed by atoms with Crippen LogP contribution in [0.4, 0.5) is 0 Å². The van der Waals surface area contributed by atoms with Gasteiger partial charge in [-0.15, -0.1) is 0 Å². The summed E-state index contributed by atoms with van der Waals surface area (Å²) >= 11 is 0. The third kappa shape index (κ3) is 29.8. The monoisotopic (exact) mass is 1630 g/mol. The van der Waals surface area contributed by atoms with E-state index >= 15 is 0 Å². The summed E-state index contributed by atoms with van der Waals surface area (Å²) in [6.45, 7) is 90.6. The summed E-state index contributed by atoms with van der Waals surface area (Å²) in [6, 6.07) is 47.9. The van der Waals surface area contributed by atoms with Gasteiger partial charge in [-0.3, -0.25) is 0 Å². The molecule has 16 atom stereocenters. The molecule has 6 aliphatic carbocycles. The van der Waals surface area contributed by atoms with Crippen LogP contribution in [0.1, 0.15) is 507 Å². The van der Waals surface area contributed by atoms with E-state index in [4.69, 9.17) is 0 Å². The fourth-order valence-electron chi connectivity index (χ4n) is 23.9. The molecule has 0 bridgehead atoms. The summed E-state index contributed by atoms with van der Waals surface area (Å²) in [5.41, 5.74) is 27.5. The second-order valence-corrected chi connectivity index (χ2v) is 30.3. The normalized spacial score (nSPS) is 24.4. The van der Waals surface area contributed by atoms with Crippen molar-refractivity contribution in [3.05, 3.63) is 210 Å². The Morgan fingerprint density at radius 1 is 0.186 bits per heavy atom. The Labute approximate surface area is 746 Å². The average molecular weight is 1630 g/mol. The van der Waals surface area contributed by atoms with E-state index in [-0.39, 0.29) is 14.9 Å². The fourth-order valence-corrected chi connectivity index (χ4v) is 23.9. The standard InChI is InChI=1S/2C44H60.14C2H6.2CH4/c2*1-8-31-17-13-14-22-41(31)36-25-39-27-37(42-32(9-2)18-15-19-33(42)10-3)23-29(6)44(39)30(7)24-38(28-40(44)26-36)43-34(11-4)20-16-21-35(43)12-5;14*1-2;;/h2*13-22,29-30,36-40H,8-12,23-28H2,1-7H3;14*1-2H3;2*1H4/t2*29-,30+,36?,37+,38-,39+,40-,44?;;;;;;;;;;;;;;;;. The summed E-state index contributed by atoms with van der Waals surface area (Å²) in [5, 5.41) is 0. The number of rotatable bonds is 16. The molecule has 0 amide bonds. The molecule has 0 heteroatoms. The first-order valence-electron chi connectivity index (χ1n) is 51.4. The fraction of sp³-hybridized carbons (Fsp3) is 0.695. The third-order valence-electron chi connectivity index (χ3n) is 26.9. The summed E-state index contributed by atoms with van der Waals surface area (Å²) in [7, 11) is 0. The van der Waals surface area contributed by atoms with Crippen molar-refractivity contribution < 1.29 is 0 Å². The van der Waals surface area contributed by atoms with Crippen LogP contribution in [-0.4, -0.2) is 0 Å². The number of hydrogen-bond donors (Lipinski definition) is 0. The summed E-state index contributed by atoms with van der Waals surface area (Å²) in [5.74, 6) is 10.6. The predicted molar refractivity (Wildman–Crippen MR) is 552 cm³/mol. The minimum Gasteiger partial charge on any atom is -0.0776 e. The molecule has 6 saturated carbocycles. The Bertz CT molecular complexity index is 2810. The predicted octanol–water partition coefficient (Wildman–Crippen LogP) is 39.7. The quantitative estimate of drug-likeness (QED) is 0.0906. The second-order valence-electron chi connectivity index (χ2n) is 30.3. The molecule has 2 spiro atoms. The van der Waals surface area contributed by atoms with Gasteiger partial charge < -0.3 is 0 Å². The lowest BCUT2D eigenvalue weighted by atomic mass is 9.39. The van der Waals surface area contributed by atoms with Crippen LogP contribution in [0, 0.1) is 58.2 Å². The van der Waals surface area contributed by atoms with Gasteiger partial charge in [0.25, 0.3) is 0 Å². The molecule has 0 aliphatic heterocycles. The molecule has 0 radical (unpaired) electrons. The van der Waals surface area contributed by atoms with Crippen LogP contribution in [-0.2, 0) is 64.2 Å². The van der Waals surface area contributed by atoms with Gasteiger partial charge in [0.2, 0.25) is 0 Å². The lowest BCUT2D eigenvalue weighted by Crippen LogP contribution is -2.57. The van der Waals surface area contributed by atoms with Crippen LogP contribution in [0.3, 0.4) is 0 Å². The highest BCUT2D eigenvalue weighted by atomic mass is 14.7. The molecule has 0 saturated heterocycles. The van der Waals surface area contributed by atoms with Gasteiger partial charge in [-0.1, -0.05) is 427 Å². The zero-order chi connectivity index (χ0) is 90.0. The van der Waals surface area contributed by atoms with Gasteiger partial charge in [0, 0.05) is 0 Å². The van der Waals surface area contributed by atoms with Crippen LogP contribution < -0.4 is 0 Å². The van der Waals surface area contributed by atoms with Gasteiger partial charge in [-0.05, 0) is 324 Å². The van der Waals surface area contributed by atoms with E-state index < -0.39 is 0 Å². The zero-order valence-corrected chi connectivity index (χ0v) is 86.2. The second kappa shape index (κ2) is 71.7. The van der Waals surface area contributed by atoms with Crippen molar-refractivity contribution in [3.8, 4) is 0 Å². The Morgan fingerprint density at radius 2 is 0.322 bits per heavy atom. The lowest BCUT2D eigenvalue weighted by molar-refractivity contribution is -0.139. The van der Waals surface area contributed by atoms with Gasteiger partial charge >= 0.3 is 0 Å². The molecule has 684 valence electrons. The SMILES string of the molecule is C.C.CC.CC.CC.CC.CC.CC.CC.CC.CC.CC.CC.CC.CC.CC.CCc1ccccc1C1C[C@@H]2C[C@H](c3c(CC)cccc3CC)C[C@H](C)C23[C@@H](C1)C[C@@H](c1c(CC)cccc1CC)C[C@H]3C.CCc1ccccc1C1C[C@@H]2C[C@H](c3c(CC)cccc3CC)C[C@H](C)C23[C@@H](C1)C[C@@H](c1c(CC)cccc1CC)C[C@H]3C. The average Bonchev–Trinajstić information content (AvgIpc) is 0.710. The Balaban J connectivity index is -0.000000405. The Hall–Kier alpha value is -4.68. The van der Waals surface area contributed by atoms with E-state index in [2.05, 4.69) is 218 Å². The first-order chi connectivity index (χ1) is 56.8. The van der Waals surface area contributed by atoms with Gasteiger partial charge in [0.05, 0.1) is 0 Å². The summed E-state index contributed by atoms with van der Waals surface area (Å²) < 4.78 is 0. The molecule has 12 rings (SSSR count). The van der Waals surface area contributed by atoms with E-state index in [0.717, 1.165) is 112 Å². The maximum absolute atomic E-state index is 2.71. The van der Waals surface area contributed by atoms with Gasteiger partial charge in [-0.25, -0.2) is 0 Å². The van der Waals surface area contributed by atoms with Crippen LogP contribution in [0.2, 0.25) is 0 Å². The first kappa shape index (κ1) is 124. The van der Waals surface area contributed by atoms with Crippen LogP contribution in [0.25, 0.3) is 0 Å². The topological polar surface area (TPSA) is 0 Å². The van der Waals surface area contributed by atoms with Crippen molar-refractivity contribution in [1.29, 1.82) is 0 Å². The minimum absolute atomic E-state index is 0. The highest BCUT2D eigenvalue weighted by Gasteiger charge is 2.63. The molecule has 6 fully saturated rings. The lowest BCUT2D eigenvalue weighted by Gasteiger charge is -2.65. The third-order valence-corrected chi connectivity index (χ3v) is 26.9. The largest absolute Gasteiger partial charge is 0.0776 e. The van der Waals surface area contributed by atoms with Crippen molar-refractivity contribution in [1.82, 2.24) is 0 Å². The smallest absolute Gasteiger partial charge is 0.0151 e. The van der Waals surface area contributed by atoms with Crippen LogP contribution >= 0.6 is 0 Å². The molecule has 6 aromatic carbocycles. The van der Waals surface area contributed by atoms with Crippen molar-refractivity contribution in [2.45, 2.75) is 482 Å². The van der Waals surface area contributed by atoms with Crippen molar-refractivity contribution >= 4 is 0 Å². The van der Waals surface area contributed by atoms with Crippen LogP contribution in [0.5, 0.6) is 0 Å². The Kier molecular flexibility index (Phi) is 75.4. The molecular formula is C118H212. The van der Waals surface area contributed by atoms with E-state index in [9.17, 15) is 0 Å². The highest BCUT2D eigenvalue weighted by molar-refractivity contribution is 5.45. The molecule has 6 aromatic rings. The van der Waals surface area contributed by atoms with Crippen molar-refractivity contribution in [2.75, 3.05) is 0 Å². The maximum Gasteiger partial charge on any atom is -0.0151 e. The van der Waals surface area contributed by atoms with Gasteiger partial charge in [-0.2, -0.15) is 0 Å². The van der Waals surface area contributed by atoms with Crippen LogP contribution in [0.15, 0.2) is 121 Å². The molecule has 4 unspecified atom stereocenters. The number of benzene rings is 6. The van der Waals surface area contributed by atoms with E-state index in [0.29, 0.717) is 46.3 Å². The van der Waals surface area contributed by atoms with Crippen molar-refractivity contribution in [2.24, 2.45) is 58.2 Å². The molecule has 0 N–H and O–H groups in total. The van der Waals surface area contributed by atoms with E-state index in [1.807, 2.05) is 194 Å². The molecule has 0 heterocycles. The maximum atomic E-state index is 2.71. The number of hydrogen-bond acceptors (Lipinski definition) is 0.